The Morgan fingerprint density at radius 3 is 2.50 bits per heavy atom. The van der Waals surface area contributed by atoms with E-state index in [2.05, 4.69) is 4.98 Å². The molecule has 30 heavy (non-hydrogen) atoms. The molecule has 4 aromatic rings. The third-order valence-electron chi connectivity index (χ3n) is 5.87. The number of piperidine rings is 1. The van der Waals surface area contributed by atoms with Crippen LogP contribution in [0.3, 0.4) is 0 Å². The summed E-state index contributed by atoms with van der Waals surface area (Å²) in [5.41, 5.74) is 3.33. The van der Waals surface area contributed by atoms with E-state index < -0.39 is 0 Å². The molecule has 1 aliphatic heterocycles. The van der Waals surface area contributed by atoms with E-state index in [0.29, 0.717) is 36.0 Å². The molecular weight excluding hydrogens is 376 g/mol. The van der Waals surface area contributed by atoms with Gasteiger partial charge in [0.15, 0.2) is 5.76 Å². The van der Waals surface area contributed by atoms with Gasteiger partial charge in [0.1, 0.15) is 11.4 Å². The second-order valence-electron chi connectivity index (χ2n) is 7.71. The van der Waals surface area contributed by atoms with Crippen molar-refractivity contribution in [2.45, 2.75) is 18.8 Å². The van der Waals surface area contributed by atoms with Crippen LogP contribution >= 0.6 is 0 Å². The van der Waals surface area contributed by atoms with E-state index in [1.54, 1.807) is 18.4 Å². The number of phenols is 1. The fourth-order valence-electron chi connectivity index (χ4n) is 4.24. The van der Waals surface area contributed by atoms with Gasteiger partial charge in [-0.15, -0.1) is 0 Å². The topological polar surface area (TPSA) is 66.6 Å². The number of hydrogen-bond acceptors (Lipinski definition) is 4. The fourth-order valence-corrected chi connectivity index (χ4v) is 4.24. The van der Waals surface area contributed by atoms with Crippen molar-refractivity contribution < 1.29 is 14.3 Å². The summed E-state index contributed by atoms with van der Waals surface area (Å²) in [6.07, 6.45) is 3.43. The first-order valence-corrected chi connectivity index (χ1v) is 10.2. The molecule has 1 fully saturated rings. The van der Waals surface area contributed by atoms with Gasteiger partial charge in [-0.1, -0.05) is 30.3 Å². The summed E-state index contributed by atoms with van der Waals surface area (Å²) in [5.74, 6) is 1.37. The molecule has 1 N–H and O–H groups in total. The van der Waals surface area contributed by atoms with E-state index in [1.807, 2.05) is 59.5 Å². The Morgan fingerprint density at radius 1 is 1.00 bits per heavy atom. The highest BCUT2D eigenvalue weighted by Crippen LogP contribution is 2.31. The van der Waals surface area contributed by atoms with E-state index in [1.165, 1.54) is 5.56 Å². The number of carbonyl (C=O) groups excluding carboxylic acids is 1. The zero-order chi connectivity index (χ0) is 20.5. The van der Waals surface area contributed by atoms with Crippen LogP contribution in [0.4, 0.5) is 0 Å². The molecule has 5 heteroatoms. The van der Waals surface area contributed by atoms with Crippen LogP contribution in [0.2, 0.25) is 0 Å². The molecule has 1 saturated heterocycles. The normalized spacial score (nSPS) is 14.9. The van der Waals surface area contributed by atoms with Crippen LogP contribution in [0.1, 0.15) is 34.7 Å². The Balaban J connectivity index is 1.42. The third-order valence-corrected chi connectivity index (χ3v) is 5.87. The maximum Gasteiger partial charge on any atom is 0.254 e. The molecule has 2 aromatic heterocycles. The number of aromatic nitrogens is 1. The summed E-state index contributed by atoms with van der Waals surface area (Å²) in [6.45, 7) is 1.41. The Bertz CT molecular complexity index is 1170. The minimum atomic E-state index is 0.0329. The standard InChI is InChI=1S/C25H22N2O3/c28-19-9-7-17(8-10-19)18-11-13-27(14-12-18)25(29)21-16-23(24-6-3-15-30-24)26-22-5-2-1-4-20(21)22/h1-10,15-16,18,28H,11-14H2. The highest BCUT2D eigenvalue weighted by atomic mass is 16.3. The van der Waals surface area contributed by atoms with Gasteiger partial charge in [0.25, 0.3) is 5.91 Å². The zero-order valence-electron chi connectivity index (χ0n) is 16.5. The molecule has 0 radical (unpaired) electrons. The summed E-state index contributed by atoms with van der Waals surface area (Å²) >= 11 is 0. The molecule has 0 aliphatic carbocycles. The number of hydrogen-bond donors (Lipinski definition) is 1. The van der Waals surface area contributed by atoms with Gasteiger partial charge in [0.2, 0.25) is 0 Å². The van der Waals surface area contributed by atoms with Crippen molar-refractivity contribution in [2.24, 2.45) is 0 Å². The molecular formula is C25H22N2O3. The lowest BCUT2D eigenvalue weighted by molar-refractivity contribution is 0.0715. The summed E-state index contributed by atoms with van der Waals surface area (Å²) in [4.78, 5) is 20.1. The number of para-hydroxylation sites is 1. The predicted molar refractivity (Wildman–Crippen MR) is 115 cm³/mol. The SMILES string of the molecule is O=C(c1cc(-c2ccco2)nc2ccccc12)N1CCC(c2ccc(O)cc2)CC1. The van der Waals surface area contributed by atoms with Crippen LogP contribution in [0.15, 0.2) is 77.4 Å². The number of likely N-dealkylation sites (tertiary alicyclic amines) is 1. The minimum absolute atomic E-state index is 0.0329. The van der Waals surface area contributed by atoms with E-state index in [-0.39, 0.29) is 11.7 Å². The molecule has 5 rings (SSSR count). The smallest absolute Gasteiger partial charge is 0.254 e. The molecule has 1 aliphatic rings. The second kappa shape index (κ2) is 7.67. The zero-order valence-corrected chi connectivity index (χ0v) is 16.5. The third kappa shape index (κ3) is 3.43. The van der Waals surface area contributed by atoms with Crippen molar-refractivity contribution in [1.29, 1.82) is 0 Å². The maximum absolute atomic E-state index is 13.5. The van der Waals surface area contributed by atoms with Crippen LogP contribution < -0.4 is 0 Å². The number of rotatable bonds is 3. The lowest BCUT2D eigenvalue weighted by Gasteiger charge is -2.32. The summed E-state index contributed by atoms with van der Waals surface area (Å²) in [6, 6.07) is 20.7. The van der Waals surface area contributed by atoms with Crippen molar-refractivity contribution in [3.63, 3.8) is 0 Å². The highest BCUT2D eigenvalue weighted by molar-refractivity contribution is 6.07. The van der Waals surface area contributed by atoms with Crippen LogP contribution in [0, 0.1) is 0 Å². The largest absolute Gasteiger partial charge is 0.508 e. The van der Waals surface area contributed by atoms with Gasteiger partial charge >= 0.3 is 0 Å². The number of fused-ring (bicyclic) bond motifs is 1. The van der Waals surface area contributed by atoms with Crippen molar-refractivity contribution >= 4 is 16.8 Å². The maximum atomic E-state index is 13.5. The number of pyridine rings is 1. The van der Waals surface area contributed by atoms with E-state index in [9.17, 15) is 9.90 Å². The molecule has 0 unspecified atom stereocenters. The monoisotopic (exact) mass is 398 g/mol. The van der Waals surface area contributed by atoms with Crippen LogP contribution in [-0.4, -0.2) is 34.0 Å². The van der Waals surface area contributed by atoms with Crippen LogP contribution in [0.5, 0.6) is 5.75 Å². The fraction of sp³-hybridized carbons (Fsp3) is 0.200. The van der Waals surface area contributed by atoms with Gasteiger partial charge < -0.3 is 14.4 Å². The van der Waals surface area contributed by atoms with Crippen LogP contribution in [0.25, 0.3) is 22.4 Å². The number of amides is 1. The van der Waals surface area contributed by atoms with E-state index >= 15 is 0 Å². The molecule has 150 valence electrons. The molecule has 0 bridgehead atoms. The molecule has 1 amide bonds. The number of phenolic OH excluding ortho intramolecular Hbond substituents is 1. The Kier molecular flexibility index (Phi) is 4.71. The van der Waals surface area contributed by atoms with Gasteiger partial charge in [-0.25, -0.2) is 4.98 Å². The van der Waals surface area contributed by atoms with Crippen molar-refractivity contribution in [2.75, 3.05) is 13.1 Å². The summed E-state index contributed by atoms with van der Waals surface area (Å²) in [5, 5.41) is 10.4. The number of benzene rings is 2. The van der Waals surface area contributed by atoms with Crippen molar-refractivity contribution in [1.82, 2.24) is 9.88 Å². The molecule has 0 atom stereocenters. The molecule has 2 aromatic carbocycles. The van der Waals surface area contributed by atoms with Crippen molar-refractivity contribution in [3.8, 4) is 17.2 Å². The predicted octanol–water partition coefficient (Wildman–Crippen LogP) is 5.22. The van der Waals surface area contributed by atoms with Gasteiger partial charge in [-0.05, 0) is 60.7 Å². The average Bonchev–Trinajstić information content (AvgIpc) is 3.34. The summed E-state index contributed by atoms with van der Waals surface area (Å²) < 4.78 is 5.51. The minimum Gasteiger partial charge on any atom is -0.508 e. The first-order chi connectivity index (χ1) is 14.7. The Morgan fingerprint density at radius 2 is 1.77 bits per heavy atom. The highest BCUT2D eigenvalue weighted by Gasteiger charge is 2.26. The number of carbonyl (C=O) groups is 1. The summed E-state index contributed by atoms with van der Waals surface area (Å²) in [7, 11) is 0. The molecule has 0 spiro atoms. The van der Waals surface area contributed by atoms with Crippen LogP contribution in [-0.2, 0) is 0 Å². The Hall–Kier alpha value is -3.60. The average molecular weight is 398 g/mol. The second-order valence-corrected chi connectivity index (χ2v) is 7.71. The quantitative estimate of drug-likeness (QED) is 0.514. The van der Waals surface area contributed by atoms with E-state index in [4.69, 9.17) is 4.42 Å². The van der Waals surface area contributed by atoms with Gasteiger partial charge in [0.05, 0.1) is 17.3 Å². The lowest BCUT2D eigenvalue weighted by atomic mass is 9.89. The van der Waals surface area contributed by atoms with Crippen molar-refractivity contribution in [3.05, 3.63) is 84.1 Å². The lowest BCUT2D eigenvalue weighted by Crippen LogP contribution is -2.38. The van der Waals surface area contributed by atoms with Gasteiger partial charge in [-0.3, -0.25) is 4.79 Å². The molecule has 3 heterocycles. The first-order valence-electron chi connectivity index (χ1n) is 10.2. The Labute approximate surface area is 174 Å². The van der Waals surface area contributed by atoms with E-state index in [0.717, 1.165) is 23.7 Å². The number of nitrogens with zero attached hydrogens (tertiary/aromatic N) is 2. The number of aromatic hydroxyl groups is 1. The first kappa shape index (κ1) is 18.4. The van der Waals surface area contributed by atoms with Gasteiger partial charge in [0, 0.05) is 18.5 Å². The molecule has 0 saturated carbocycles. The molecule has 5 nitrogen and oxygen atoms in total. The van der Waals surface area contributed by atoms with Gasteiger partial charge in [-0.2, -0.15) is 0 Å². The number of furan rings is 1.